The smallest absolute Gasteiger partial charge is 0.118 e. The number of methoxy groups -OCH3 is 1. The first kappa shape index (κ1) is 15.2. The molecular formula is C15H23N2O3P. The van der Waals surface area contributed by atoms with Gasteiger partial charge in [-0.05, 0) is 24.3 Å². The number of hydrogen-bond acceptors (Lipinski definition) is 5. The van der Waals surface area contributed by atoms with Gasteiger partial charge in [0.05, 0.1) is 41.8 Å². The van der Waals surface area contributed by atoms with Crippen LogP contribution in [0.3, 0.4) is 0 Å². The molecule has 2 aliphatic heterocycles. The van der Waals surface area contributed by atoms with Gasteiger partial charge in [0.1, 0.15) is 5.75 Å². The number of ether oxygens (including phenoxy) is 3. The van der Waals surface area contributed by atoms with Gasteiger partial charge in [0.15, 0.2) is 0 Å². The molecule has 0 bridgehead atoms. The lowest BCUT2D eigenvalue weighted by Gasteiger charge is -2.42. The highest BCUT2D eigenvalue weighted by Gasteiger charge is 2.29. The van der Waals surface area contributed by atoms with Gasteiger partial charge in [-0.15, -0.1) is 0 Å². The third-order valence-electron chi connectivity index (χ3n) is 3.81. The molecule has 0 amide bonds. The van der Waals surface area contributed by atoms with Crippen molar-refractivity contribution >= 4 is 13.5 Å². The van der Waals surface area contributed by atoms with E-state index in [1.807, 2.05) is 0 Å². The van der Waals surface area contributed by atoms with Gasteiger partial charge < -0.3 is 14.2 Å². The first-order chi connectivity index (χ1) is 10.4. The zero-order valence-electron chi connectivity index (χ0n) is 12.5. The first-order valence-corrected chi connectivity index (χ1v) is 8.72. The Labute approximate surface area is 127 Å². The Bertz CT molecular complexity index is 413. The Hall–Kier alpha value is -0.710. The van der Waals surface area contributed by atoms with Crippen LogP contribution in [-0.4, -0.2) is 69.1 Å². The molecule has 3 rings (SSSR count). The first-order valence-electron chi connectivity index (χ1n) is 7.48. The number of nitrogens with zero attached hydrogens (tertiary/aromatic N) is 2. The van der Waals surface area contributed by atoms with Crippen molar-refractivity contribution in [2.75, 3.05) is 59.7 Å². The van der Waals surface area contributed by atoms with E-state index < -0.39 is 8.22 Å². The summed E-state index contributed by atoms with van der Waals surface area (Å²) >= 11 is 0. The van der Waals surface area contributed by atoms with Crippen LogP contribution in [0.15, 0.2) is 24.3 Å². The number of morpholine rings is 2. The van der Waals surface area contributed by atoms with Gasteiger partial charge in [-0.25, -0.2) is 0 Å². The monoisotopic (exact) mass is 310 g/mol. The molecule has 2 fully saturated rings. The molecule has 0 N–H and O–H groups in total. The predicted molar refractivity (Wildman–Crippen MR) is 84.3 cm³/mol. The van der Waals surface area contributed by atoms with E-state index in [0.29, 0.717) is 0 Å². The third-order valence-corrected chi connectivity index (χ3v) is 6.45. The minimum atomic E-state index is -0.458. The molecule has 0 aromatic heterocycles. The molecule has 0 radical (unpaired) electrons. The fourth-order valence-electron chi connectivity index (χ4n) is 2.71. The van der Waals surface area contributed by atoms with Crippen LogP contribution in [0.4, 0.5) is 0 Å². The van der Waals surface area contributed by atoms with E-state index in [9.17, 15) is 0 Å². The summed E-state index contributed by atoms with van der Waals surface area (Å²) in [4.78, 5) is 0. The van der Waals surface area contributed by atoms with Gasteiger partial charge in [-0.2, -0.15) is 0 Å². The molecule has 0 spiro atoms. The van der Waals surface area contributed by atoms with Gasteiger partial charge in [0.2, 0.25) is 0 Å². The van der Waals surface area contributed by atoms with Crippen LogP contribution >= 0.6 is 8.22 Å². The SMILES string of the molecule is COc1ccc(P(N2CCOCC2)N2CCOCC2)cc1. The summed E-state index contributed by atoms with van der Waals surface area (Å²) in [5, 5.41) is 1.38. The quantitative estimate of drug-likeness (QED) is 0.783. The maximum Gasteiger partial charge on any atom is 0.118 e. The molecule has 2 aliphatic rings. The van der Waals surface area contributed by atoms with Crippen molar-refractivity contribution in [1.82, 2.24) is 9.34 Å². The van der Waals surface area contributed by atoms with Crippen LogP contribution in [0.1, 0.15) is 0 Å². The maximum absolute atomic E-state index is 5.52. The molecule has 0 unspecified atom stereocenters. The lowest BCUT2D eigenvalue weighted by molar-refractivity contribution is 0.0593. The Morgan fingerprint density at radius 3 is 1.76 bits per heavy atom. The van der Waals surface area contributed by atoms with E-state index in [-0.39, 0.29) is 0 Å². The lowest BCUT2D eigenvalue weighted by atomic mass is 10.3. The highest BCUT2D eigenvalue weighted by molar-refractivity contribution is 7.61. The van der Waals surface area contributed by atoms with E-state index in [1.54, 1.807) is 7.11 Å². The number of rotatable bonds is 4. The molecule has 6 heteroatoms. The molecule has 2 saturated heterocycles. The molecular weight excluding hydrogens is 287 g/mol. The van der Waals surface area contributed by atoms with Crippen LogP contribution in [-0.2, 0) is 9.47 Å². The van der Waals surface area contributed by atoms with E-state index in [4.69, 9.17) is 14.2 Å². The molecule has 1 aromatic rings. The van der Waals surface area contributed by atoms with Gasteiger partial charge in [-0.1, -0.05) is 0 Å². The van der Waals surface area contributed by atoms with Gasteiger partial charge >= 0.3 is 0 Å². The van der Waals surface area contributed by atoms with E-state index in [1.165, 1.54) is 5.30 Å². The molecule has 21 heavy (non-hydrogen) atoms. The summed E-state index contributed by atoms with van der Waals surface area (Å²) in [6, 6.07) is 8.53. The van der Waals surface area contributed by atoms with E-state index in [2.05, 4.69) is 33.6 Å². The van der Waals surface area contributed by atoms with Crippen LogP contribution in [0.2, 0.25) is 0 Å². The fourth-order valence-corrected chi connectivity index (χ4v) is 5.22. The van der Waals surface area contributed by atoms with Gasteiger partial charge in [0, 0.05) is 31.5 Å². The number of hydrogen-bond donors (Lipinski definition) is 0. The van der Waals surface area contributed by atoms with Crippen molar-refractivity contribution in [3.63, 3.8) is 0 Å². The summed E-state index contributed by atoms with van der Waals surface area (Å²) in [6.45, 7) is 7.37. The van der Waals surface area contributed by atoms with Crippen molar-refractivity contribution < 1.29 is 14.2 Å². The largest absolute Gasteiger partial charge is 0.497 e. The molecule has 2 heterocycles. The topological polar surface area (TPSA) is 34.2 Å². The Balaban J connectivity index is 1.82. The molecule has 0 saturated carbocycles. The van der Waals surface area contributed by atoms with Crippen molar-refractivity contribution in [1.29, 1.82) is 0 Å². The Kier molecular flexibility index (Phi) is 5.44. The summed E-state index contributed by atoms with van der Waals surface area (Å²) in [5.41, 5.74) is 0. The Morgan fingerprint density at radius 2 is 1.33 bits per heavy atom. The van der Waals surface area contributed by atoms with E-state index >= 15 is 0 Å². The molecule has 0 atom stereocenters. The van der Waals surface area contributed by atoms with Crippen LogP contribution in [0, 0.1) is 0 Å². The van der Waals surface area contributed by atoms with Crippen LogP contribution in [0.5, 0.6) is 5.75 Å². The second kappa shape index (κ2) is 7.52. The van der Waals surface area contributed by atoms with Gasteiger partial charge in [-0.3, -0.25) is 9.34 Å². The third kappa shape index (κ3) is 3.74. The molecule has 0 aliphatic carbocycles. The standard InChI is InChI=1S/C15H23N2O3P/c1-18-14-2-4-15(5-3-14)21(16-6-10-19-11-7-16)17-8-12-20-13-9-17/h2-5H,6-13H2,1H3. The number of benzene rings is 1. The lowest BCUT2D eigenvalue weighted by Crippen LogP contribution is -2.43. The van der Waals surface area contributed by atoms with E-state index in [0.717, 1.165) is 58.4 Å². The van der Waals surface area contributed by atoms with Crippen molar-refractivity contribution in [2.24, 2.45) is 0 Å². The highest BCUT2D eigenvalue weighted by Crippen LogP contribution is 2.44. The fraction of sp³-hybridized carbons (Fsp3) is 0.600. The van der Waals surface area contributed by atoms with Gasteiger partial charge in [0.25, 0.3) is 0 Å². The zero-order chi connectivity index (χ0) is 14.5. The second-order valence-corrected chi connectivity index (χ2v) is 7.35. The highest BCUT2D eigenvalue weighted by atomic mass is 31.1. The minimum Gasteiger partial charge on any atom is -0.497 e. The average Bonchev–Trinajstić information content (AvgIpc) is 2.58. The maximum atomic E-state index is 5.52. The molecule has 1 aromatic carbocycles. The summed E-state index contributed by atoms with van der Waals surface area (Å²) in [5.74, 6) is 0.914. The summed E-state index contributed by atoms with van der Waals surface area (Å²) < 4.78 is 21.5. The summed E-state index contributed by atoms with van der Waals surface area (Å²) in [6.07, 6.45) is 0. The minimum absolute atomic E-state index is 0.458. The van der Waals surface area contributed by atoms with Crippen LogP contribution < -0.4 is 10.0 Å². The molecule has 116 valence electrons. The van der Waals surface area contributed by atoms with Crippen molar-refractivity contribution in [3.8, 4) is 5.75 Å². The summed E-state index contributed by atoms with van der Waals surface area (Å²) in [7, 11) is 1.25. The van der Waals surface area contributed by atoms with Crippen molar-refractivity contribution in [3.05, 3.63) is 24.3 Å². The van der Waals surface area contributed by atoms with Crippen LogP contribution in [0.25, 0.3) is 0 Å². The normalized spacial score (nSPS) is 21.6. The predicted octanol–water partition coefficient (Wildman–Crippen LogP) is 1.30. The van der Waals surface area contributed by atoms with Crippen molar-refractivity contribution in [2.45, 2.75) is 0 Å². The Morgan fingerprint density at radius 1 is 0.857 bits per heavy atom. The zero-order valence-corrected chi connectivity index (χ0v) is 13.4. The average molecular weight is 310 g/mol. The second-order valence-electron chi connectivity index (χ2n) is 5.12. The molecule has 5 nitrogen and oxygen atoms in total.